The van der Waals surface area contributed by atoms with Gasteiger partial charge < -0.3 is 14.9 Å². The number of benzene rings is 1. The molecule has 1 aliphatic rings. The number of carbonyl (C=O) groups is 2. The van der Waals surface area contributed by atoms with Crippen molar-refractivity contribution in [1.29, 1.82) is 0 Å². The number of likely N-dealkylation sites (N-methyl/N-ethyl adjacent to an activating group) is 1. The maximum absolute atomic E-state index is 12.5. The smallest absolute Gasteiger partial charge is 0.323 e. The van der Waals surface area contributed by atoms with Crippen LogP contribution >= 0.6 is 0 Å². The van der Waals surface area contributed by atoms with Crippen LogP contribution in [0.1, 0.15) is 19.8 Å². The highest BCUT2D eigenvalue weighted by Crippen LogP contribution is 2.23. The van der Waals surface area contributed by atoms with Gasteiger partial charge in [0.25, 0.3) is 0 Å². The minimum absolute atomic E-state index is 0.0793. The minimum Gasteiger partial charge on any atom is -0.480 e. The summed E-state index contributed by atoms with van der Waals surface area (Å²) in [5.74, 6) is -1.04. The lowest BCUT2D eigenvalue weighted by Gasteiger charge is -2.38. The van der Waals surface area contributed by atoms with Gasteiger partial charge in [0.15, 0.2) is 0 Å². The number of nitrogens with zero attached hydrogens (tertiary/aromatic N) is 2. The van der Waals surface area contributed by atoms with Crippen LogP contribution in [-0.2, 0) is 9.59 Å². The Morgan fingerprint density at radius 1 is 1.40 bits per heavy atom. The van der Waals surface area contributed by atoms with E-state index in [9.17, 15) is 9.59 Å². The van der Waals surface area contributed by atoms with Crippen LogP contribution < -0.4 is 4.90 Å². The number of likely N-dealkylation sites (tertiary alicyclic amines) is 1. The quantitative estimate of drug-likeness (QED) is 0.887. The molecule has 2 rings (SSSR count). The summed E-state index contributed by atoms with van der Waals surface area (Å²) >= 11 is 0. The van der Waals surface area contributed by atoms with Crippen molar-refractivity contribution in [3.63, 3.8) is 0 Å². The molecule has 5 nitrogen and oxygen atoms in total. The van der Waals surface area contributed by atoms with Crippen LogP contribution in [0.4, 0.5) is 5.69 Å². The zero-order valence-corrected chi connectivity index (χ0v) is 11.7. The van der Waals surface area contributed by atoms with Crippen LogP contribution in [0.15, 0.2) is 30.3 Å². The van der Waals surface area contributed by atoms with Gasteiger partial charge in [-0.1, -0.05) is 18.2 Å². The SMILES string of the molecule is CCN(c1ccccc1)[C@H]1CCCN(CC(=O)O)C1=O. The summed E-state index contributed by atoms with van der Waals surface area (Å²) in [6.45, 7) is 3.06. The number of carboxylic acids is 1. The first kappa shape index (κ1) is 14.4. The molecule has 0 saturated carbocycles. The largest absolute Gasteiger partial charge is 0.480 e. The number of aliphatic carboxylic acids is 1. The first-order chi connectivity index (χ1) is 9.63. The highest BCUT2D eigenvalue weighted by Gasteiger charge is 2.33. The monoisotopic (exact) mass is 276 g/mol. The summed E-state index contributed by atoms with van der Waals surface area (Å²) in [6, 6.07) is 9.53. The number of carbonyl (C=O) groups excluding carboxylic acids is 1. The summed E-state index contributed by atoms with van der Waals surface area (Å²) in [6.07, 6.45) is 1.62. The number of anilines is 1. The first-order valence-electron chi connectivity index (χ1n) is 6.95. The molecule has 1 fully saturated rings. The minimum atomic E-state index is -0.957. The molecule has 1 aromatic carbocycles. The van der Waals surface area contributed by atoms with E-state index in [1.165, 1.54) is 4.90 Å². The Balaban J connectivity index is 2.17. The topological polar surface area (TPSA) is 60.9 Å². The van der Waals surface area contributed by atoms with E-state index in [4.69, 9.17) is 5.11 Å². The molecular weight excluding hydrogens is 256 g/mol. The van der Waals surface area contributed by atoms with Gasteiger partial charge in [0, 0.05) is 18.8 Å². The summed E-state index contributed by atoms with van der Waals surface area (Å²) in [5, 5.41) is 8.88. The van der Waals surface area contributed by atoms with Crippen LogP contribution in [0.25, 0.3) is 0 Å². The number of piperidine rings is 1. The predicted octanol–water partition coefficient (Wildman–Crippen LogP) is 1.59. The summed E-state index contributed by atoms with van der Waals surface area (Å²) in [4.78, 5) is 26.8. The molecule has 5 heteroatoms. The molecule has 1 heterocycles. The maximum Gasteiger partial charge on any atom is 0.323 e. The number of carboxylic acid groups (broad SMARTS) is 1. The molecular formula is C15H20N2O3. The lowest BCUT2D eigenvalue weighted by Crippen LogP contribution is -2.53. The summed E-state index contributed by atoms with van der Waals surface area (Å²) in [7, 11) is 0. The number of rotatable bonds is 5. The molecule has 0 aliphatic carbocycles. The second-order valence-electron chi connectivity index (χ2n) is 4.93. The molecule has 108 valence electrons. The fourth-order valence-electron chi connectivity index (χ4n) is 2.73. The van der Waals surface area contributed by atoms with E-state index in [1.807, 2.05) is 37.3 Å². The predicted molar refractivity (Wildman–Crippen MR) is 76.7 cm³/mol. The number of hydrogen-bond donors (Lipinski definition) is 1. The van der Waals surface area contributed by atoms with Gasteiger partial charge in [-0.2, -0.15) is 0 Å². The third kappa shape index (κ3) is 3.10. The summed E-state index contributed by atoms with van der Waals surface area (Å²) in [5.41, 5.74) is 1.01. The van der Waals surface area contributed by atoms with E-state index >= 15 is 0 Å². The molecule has 1 atom stereocenters. The lowest BCUT2D eigenvalue weighted by atomic mass is 10.0. The molecule has 1 aliphatic heterocycles. The van der Waals surface area contributed by atoms with E-state index in [-0.39, 0.29) is 18.5 Å². The maximum atomic E-state index is 12.5. The second kappa shape index (κ2) is 6.41. The van der Waals surface area contributed by atoms with E-state index in [2.05, 4.69) is 4.90 Å². The average molecular weight is 276 g/mol. The fourth-order valence-corrected chi connectivity index (χ4v) is 2.73. The number of hydrogen-bond acceptors (Lipinski definition) is 3. The van der Waals surface area contributed by atoms with Gasteiger partial charge in [0.1, 0.15) is 12.6 Å². The molecule has 0 unspecified atom stereocenters. The van der Waals surface area contributed by atoms with Crippen molar-refractivity contribution in [2.24, 2.45) is 0 Å². The normalized spacial score (nSPS) is 18.9. The molecule has 0 aromatic heterocycles. The molecule has 0 spiro atoms. The molecule has 0 radical (unpaired) electrons. The zero-order chi connectivity index (χ0) is 14.5. The standard InChI is InChI=1S/C15H20N2O3/c1-2-17(12-7-4-3-5-8-12)13-9-6-10-16(15(13)20)11-14(18)19/h3-5,7-8,13H,2,6,9-11H2,1H3,(H,18,19)/t13-/m0/s1. The van der Waals surface area contributed by atoms with Crippen molar-refractivity contribution in [2.75, 3.05) is 24.5 Å². The Morgan fingerprint density at radius 3 is 2.70 bits per heavy atom. The zero-order valence-electron chi connectivity index (χ0n) is 11.7. The fraction of sp³-hybridized carbons (Fsp3) is 0.467. The van der Waals surface area contributed by atoms with Gasteiger partial charge in [-0.15, -0.1) is 0 Å². The molecule has 1 saturated heterocycles. The van der Waals surface area contributed by atoms with Crippen LogP contribution in [0, 0.1) is 0 Å². The number of amides is 1. The molecule has 1 amide bonds. The van der Waals surface area contributed by atoms with Crippen molar-refractivity contribution < 1.29 is 14.7 Å². The second-order valence-corrected chi connectivity index (χ2v) is 4.93. The number of para-hydroxylation sites is 1. The highest BCUT2D eigenvalue weighted by molar-refractivity contribution is 5.88. The van der Waals surface area contributed by atoms with E-state index in [0.29, 0.717) is 6.54 Å². The van der Waals surface area contributed by atoms with Crippen LogP contribution in [-0.4, -0.2) is 47.6 Å². The van der Waals surface area contributed by atoms with Crippen LogP contribution in [0.2, 0.25) is 0 Å². The van der Waals surface area contributed by atoms with Crippen LogP contribution in [0.3, 0.4) is 0 Å². The van der Waals surface area contributed by atoms with Gasteiger partial charge in [-0.05, 0) is 31.9 Å². The Hall–Kier alpha value is -2.04. The van der Waals surface area contributed by atoms with Crippen LogP contribution in [0.5, 0.6) is 0 Å². The van der Waals surface area contributed by atoms with Gasteiger partial charge in [-0.25, -0.2) is 0 Å². The Labute approximate surface area is 118 Å². The Bertz CT molecular complexity index is 475. The third-order valence-electron chi connectivity index (χ3n) is 3.63. The van der Waals surface area contributed by atoms with Crippen molar-refractivity contribution in [3.8, 4) is 0 Å². The first-order valence-corrected chi connectivity index (χ1v) is 6.95. The summed E-state index contributed by atoms with van der Waals surface area (Å²) < 4.78 is 0. The van der Waals surface area contributed by atoms with E-state index < -0.39 is 5.97 Å². The van der Waals surface area contributed by atoms with Gasteiger partial charge in [0.05, 0.1) is 0 Å². The molecule has 1 aromatic rings. The third-order valence-corrected chi connectivity index (χ3v) is 3.63. The van der Waals surface area contributed by atoms with Crippen molar-refractivity contribution in [1.82, 2.24) is 4.90 Å². The van der Waals surface area contributed by atoms with Crippen molar-refractivity contribution in [2.45, 2.75) is 25.8 Å². The molecule has 0 bridgehead atoms. The van der Waals surface area contributed by atoms with Gasteiger partial charge >= 0.3 is 5.97 Å². The van der Waals surface area contributed by atoms with Crippen molar-refractivity contribution >= 4 is 17.6 Å². The Kier molecular flexibility index (Phi) is 4.61. The average Bonchev–Trinajstić information content (AvgIpc) is 2.44. The van der Waals surface area contributed by atoms with Gasteiger partial charge in [-0.3, -0.25) is 9.59 Å². The lowest BCUT2D eigenvalue weighted by molar-refractivity contribution is -0.146. The van der Waals surface area contributed by atoms with E-state index in [0.717, 1.165) is 25.1 Å². The Morgan fingerprint density at radius 2 is 2.10 bits per heavy atom. The highest BCUT2D eigenvalue weighted by atomic mass is 16.4. The van der Waals surface area contributed by atoms with E-state index in [1.54, 1.807) is 0 Å². The van der Waals surface area contributed by atoms with Gasteiger partial charge in [0.2, 0.25) is 5.91 Å². The molecule has 1 N–H and O–H groups in total. The molecule has 20 heavy (non-hydrogen) atoms. The van der Waals surface area contributed by atoms with Crippen molar-refractivity contribution in [3.05, 3.63) is 30.3 Å².